The molecule has 1 aromatic carbocycles. The van der Waals surface area contributed by atoms with Crippen molar-refractivity contribution in [2.24, 2.45) is 0 Å². The highest BCUT2D eigenvalue weighted by Crippen LogP contribution is 2.37. The predicted molar refractivity (Wildman–Crippen MR) is 98.0 cm³/mol. The number of halogens is 3. The van der Waals surface area contributed by atoms with Crippen molar-refractivity contribution < 1.29 is 23.1 Å². The van der Waals surface area contributed by atoms with Gasteiger partial charge in [-0.2, -0.15) is 13.2 Å². The molecule has 6 nitrogen and oxygen atoms in total. The monoisotopic (exact) mass is 395 g/mol. The fourth-order valence-corrected chi connectivity index (χ4v) is 4.25. The third-order valence-corrected chi connectivity index (χ3v) is 5.77. The second kappa shape index (κ2) is 6.51. The van der Waals surface area contributed by atoms with E-state index < -0.39 is 17.7 Å². The van der Waals surface area contributed by atoms with Crippen LogP contribution in [0.1, 0.15) is 35.3 Å². The highest BCUT2D eigenvalue weighted by atomic mass is 19.4. The van der Waals surface area contributed by atoms with Gasteiger partial charge in [0.15, 0.2) is 0 Å². The number of carboxylic acid groups (broad SMARTS) is 1. The molecule has 150 valence electrons. The van der Waals surface area contributed by atoms with Gasteiger partial charge in [0.2, 0.25) is 5.43 Å². The molecular weight excluding hydrogens is 375 g/mol. The highest BCUT2D eigenvalue weighted by Gasteiger charge is 2.39. The summed E-state index contributed by atoms with van der Waals surface area (Å²) >= 11 is 0. The Morgan fingerprint density at radius 3 is 2.46 bits per heavy atom. The minimum absolute atomic E-state index is 0.0334. The molecule has 0 bridgehead atoms. The van der Waals surface area contributed by atoms with Gasteiger partial charge in [-0.05, 0) is 37.5 Å². The molecule has 0 radical (unpaired) electrons. The van der Waals surface area contributed by atoms with E-state index in [0.29, 0.717) is 22.2 Å². The molecular formula is C19H20F3N3O3. The van der Waals surface area contributed by atoms with Gasteiger partial charge in [-0.1, -0.05) is 0 Å². The summed E-state index contributed by atoms with van der Waals surface area (Å²) in [6, 6.07) is 3.38. The Bertz CT molecular complexity index is 1010. The zero-order valence-corrected chi connectivity index (χ0v) is 15.3. The SMILES string of the molecule is CC1CCc2c(N3CCN(C(F)(F)F)CC3)ccc3c(=O)c(C(=O)O)cn1c23. The highest BCUT2D eigenvalue weighted by molar-refractivity contribution is 5.95. The first-order chi connectivity index (χ1) is 13.2. The van der Waals surface area contributed by atoms with Gasteiger partial charge in [0.1, 0.15) is 5.56 Å². The molecule has 0 aliphatic carbocycles. The van der Waals surface area contributed by atoms with Crippen molar-refractivity contribution in [2.45, 2.75) is 32.1 Å². The molecule has 28 heavy (non-hydrogen) atoms. The second-order valence-electron chi connectivity index (χ2n) is 7.37. The fraction of sp³-hybridized carbons (Fsp3) is 0.474. The number of aromatic carboxylic acids is 1. The lowest BCUT2D eigenvalue weighted by Gasteiger charge is -2.38. The molecule has 1 aromatic heterocycles. The van der Waals surface area contributed by atoms with Crippen molar-refractivity contribution in [2.75, 3.05) is 31.1 Å². The molecule has 3 heterocycles. The number of aromatic nitrogens is 1. The smallest absolute Gasteiger partial charge is 0.460 e. The molecule has 2 aliphatic heterocycles. The van der Waals surface area contributed by atoms with Gasteiger partial charge in [0, 0.05) is 49.5 Å². The minimum atomic E-state index is -4.33. The Morgan fingerprint density at radius 1 is 1.18 bits per heavy atom. The number of nitrogens with zero attached hydrogens (tertiary/aromatic N) is 3. The van der Waals surface area contributed by atoms with Crippen LogP contribution in [0.2, 0.25) is 0 Å². The molecule has 1 saturated heterocycles. The van der Waals surface area contributed by atoms with Gasteiger partial charge in [-0.25, -0.2) is 9.69 Å². The Kier molecular flexibility index (Phi) is 4.37. The number of rotatable bonds is 2. The number of aryl methyl sites for hydroxylation is 1. The standard InChI is InChI=1S/C19H20F3N3O3/c1-11-2-3-12-15(23-6-8-24(9-7-23)19(20,21)22)5-4-13-16(12)25(11)10-14(17(13)26)18(27)28/h4-5,10-11H,2-3,6-9H2,1H3,(H,27,28). The van der Waals surface area contributed by atoms with Gasteiger partial charge >= 0.3 is 12.3 Å². The molecule has 1 N–H and O–H groups in total. The number of benzene rings is 1. The number of alkyl halides is 3. The quantitative estimate of drug-likeness (QED) is 0.793. The zero-order valence-electron chi connectivity index (χ0n) is 15.3. The summed E-state index contributed by atoms with van der Waals surface area (Å²) in [5.74, 6) is -1.26. The third kappa shape index (κ3) is 2.94. The van der Waals surface area contributed by atoms with Crippen LogP contribution in [0.5, 0.6) is 0 Å². The van der Waals surface area contributed by atoms with Gasteiger partial charge in [-0.3, -0.25) is 4.79 Å². The van der Waals surface area contributed by atoms with E-state index in [4.69, 9.17) is 0 Å². The Balaban J connectivity index is 1.80. The average Bonchev–Trinajstić information content (AvgIpc) is 2.65. The number of carboxylic acids is 1. The predicted octanol–water partition coefficient (Wildman–Crippen LogP) is 2.85. The molecule has 0 amide bonds. The zero-order chi connectivity index (χ0) is 20.2. The maximum absolute atomic E-state index is 12.9. The Labute approximate surface area is 158 Å². The van der Waals surface area contributed by atoms with Crippen LogP contribution in [0.15, 0.2) is 23.1 Å². The van der Waals surface area contributed by atoms with E-state index in [0.717, 1.165) is 17.7 Å². The van der Waals surface area contributed by atoms with E-state index in [-0.39, 0.29) is 37.8 Å². The first-order valence-corrected chi connectivity index (χ1v) is 9.19. The summed E-state index contributed by atoms with van der Waals surface area (Å²) in [5.41, 5.74) is 1.65. The van der Waals surface area contributed by atoms with Gasteiger partial charge < -0.3 is 14.6 Å². The van der Waals surface area contributed by atoms with Crippen LogP contribution >= 0.6 is 0 Å². The van der Waals surface area contributed by atoms with Gasteiger partial charge in [0.05, 0.1) is 5.52 Å². The number of piperazine rings is 1. The van der Waals surface area contributed by atoms with E-state index in [9.17, 15) is 27.9 Å². The Hall–Kier alpha value is -2.55. The number of hydrogen-bond donors (Lipinski definition) is 1. The van der Waals surface area contributed by atoms with Crippen LogP contribution in [0.4, 0.5) is 18.9 Å². The van der Waals surface area contributed by atoms with Crippen LogP contribution in [-0.2, 0) is 6.42 Å². The summed E-state index contributed by atoms with van der Waals surface area (Å²) in [5, 5.41) is 9.70. The molecule has 2 aliphatic rings. The summed E-state index contributed by atoms with van der Waals surface area (Å²) in [6.45, 7) is 2.23. The van der Waals surface area contributed by atoms with Crippen LogP contribution in [0.3, 0.4) is 0 Å². The molecule has 0 saturated carbocycles. The van der Waals surface area contributed by atoms with Gasteiger partial charge in [-0.15, -0.1) is 0 Å². The van der Waals surface area contributed by atoms with Crippen LogP contribution in [0.25, 0.3) is 10.9 Å². The van der Waals surface area contributed by atoms with Crippen molar-refractivity contribution in [1.29, 1.82) is 0 Å². The molecule has 1 atom stereocenters. The van der Waals surface area contributed by atoms with Crippen LogP contribution in [-0.4, -0.2) is 53.0 Å². The first-order valence-electron chi connectivity index (χ1n) is 9.19. The largest absolute Gasteiger partial charge is 0.477 e. The first kappa shape index (κ1) is 18.8. The van der Waals surface area contributed by atoms with Crippen molar-refractivity contribution in [3.63, 3.8) is 0 Å². The van der Waals surface area contributed by atoms with Crippen molar-refractivity contribution in [3.8, 4) is 0 Å². The lowest BCUT2D eigenvalue weighted by atomic mass is 9.94. The summed E-state index contributed by atoms with van der Waals surface area (Å²) in [6.07, 6.45) is -1.47. The average molecular weight is 395 g/mol. The topological polar surface area (TPSA) is 65.8 Å². The van der Waals surface area contributed by atoms with E-state index >= 15 is 0 Å². The number of hydrogen-bond acceptors (Lipinski definition) is 4. The third-order valence-electron chi connectivity index (χ3n) is 5.77. The van der Waals surface area contributed by atoms with Crippen molar-refractivity contribution >= 4 is 22.6 Å². The molecule has 0 spiro atoms. The Morgan fingerprint density at radius 2 is 1.86 bits per heavy atom. The minimum Gasteiger partial charge on any atom is -0.477 e. The normalized spacial score (nSPS) is 20.6. The number of anilines is 1. The number of pyridine rings is 1. The molecule has 4 rings (SSSR count). The van der Waals surface area contributed by atoms with E-state index in [1.54, 1.807) is 12.1 Å². The van der Waals surface area contributed by atoms with Gasteiger partial charge in [0.25, 0.3) is 0 Å². The van der Waals surface area contributed by atoms with Crippen LogP contribution in [0, 0.1) is 0 Å². The van der Waals surface area contributed by atoms with E-state index in [1.807, 2.05) is 16.4 Å². The summed E-state index contributed by atoms with van der Waals surface area (Å²) < 4.78 is 40.5. The lowest BCUT2D eigenvalue weighted by molar-refractivity contribution is -0.246. The molecule has 9 heteroatoms. The molecule has 2 aromatic rings. The van der Waals surface area contributed by atoms with E-state index in [2.05, 4.69) is 0 Å². The van der Waals surface area contributed by atoms with Crippen molar-refractivity contribution in [3.05, 3.63) is 39.7 Å². The fourth-order valence-electron chi connectivity index (χ4n) is 4.25. The molecule has 1 unspecified atom stereocenters. The van der Waals surface area contributed by atoms with E-state index in [1.165, 1.54) is 6.20 Å². The molecule has 1 fully saturated rings. The van der Waals surface area contributed by atoms with Crippen LogP contribution < -0.4 is 10.3 Å². The second-order valence-corrected chi connectivity index (χ2v) is 7.37. The summed E-state index contributed by atoms with van der Waals surface area (Å²) in [7, 11) is 0. The lowest BCUT2D eigenvalue weighted by Crippen LogP contribution is -2.52. The maximum atomic E-state index is 12.9. The van der Waals surface area contributed by atoms with Crippen molar-refractivity contribution in [1.82, 2.24) is 9.47 Å². The maximum Gasteiger partial charge on any atom is 0.460 e. The summed E-state index contributed by atoms with van der Waals surface area (Å²) in [4.78, 5) is 26.5. The number of carbonyl (C=O) groups is 1.